The van der Waals surface area contributed by atoms with Gasteiger partial charge >= 0.3 is 0 Å². The second-order valence-corrected chi connectivity index (χ2v) is 5.79. The van der Waals surface area contributed by atoms with Crippen molar-refractivity contribution in [3.8, 4) is 11.8 Å². The first-order chi connectivity index (χ1) is 10.6. The van der Waals surface area contributed by atoms with Crippen LogP contribution < -0.4 is 10.1 Å². The molecule has 0 aromatic heterocycles. The van der Waals surface area contributed by atoms with E-state index in [0.29, 0.717) is 11.7 Å². The fourth-order valence-electron chi connectivity index (χ4n) is 2.82. The maximum Gasteiger partial charge on any atom is 0.262 e. The standard InChI is InChI=1S/C18H22N2O2/c1-13-6-3-4-9-17(13)20-18(21)15(12-19)10-14-7-5-8-16(11-14)22-2/h5,7-8,10-11,13,17H,3-4,6,9H2,1-2H3,(H,20,21)/b15-10+/t13-,17+/m0/s1. The molecule has 0 unspecified atom stereocenters. The Hall–Kier alpha value is -2.28. The Kier molecular flexibility index (Phi) is 5.60. The van der Waals surface area contributed by atoms with E-state index < -0.39 is 0 Å². The van der Waals surface area contributed by atoms with Crippen LogP contribution in [0.25, 0.3) is 6.08 Å². The van der Waals surface area contributed by atoms with Gasteiger partial charge in [0.05, 0.1) is 7.11 Å². The van der Waals surface area contributed by atoms with Gasteiger partial charge in [0.15, 0.2) is 0 Å². The summed E-state index contributed by atoms with van der Waals surface area (Å²) in [6, 6.07) is 9.47. The quantitative estimate of drug-likeness (QED) is 0.685. The minimum Gasteiger partial charge on any atom is -0.497 e. The van der Waals surface area contributed by atoms with Crippen molar-refractivity contribution in [1.29, 1.82) is 5.26 Å². The Balaban J connectivity index is 2.11. The van der Waals surface area contributed by atoms with Gasteiger partial charge in [-0.1, -0.05) is 31.9 Å². The fraction of sp³-hybridized carbons (Fsp3) is 0.444. The van der Waals surface area contributed by atoms with E-state index in [9.17, 15) is 10.1 Å². The lowest BCUT2D eigenvalue weighted by atomic mass is 9.86. The summed E-state index contributed by atoms with van der Waals surface area (Å²) in [7, 11) is 1.59. The van der Waals surface area contributed by atoms with Crippen molar-refractivity contribution in [1.82, 2.24) is 5.32 Å². The van der Waals surface area contributed by atoms with Gasteiger partial charge in [-0.15, -0.1) is 0 Å². The van der Waals surface area contributed by atoms with E-state index >= 15 is 0 Å². The highest BCUT2D eigenvalue weighted by atomic mass is 16.5. The van der Waals surface area contributed by atoms with Crippen LogP contribution in [0.5, 0.6) is 5.75 Å². The molecule has 1 N–H and O–H groups in total. The summed E-state index contributed by atoms with van der Waals surface area (Å²) < 4.78 is 5.15. The molecule has 1 aliphatic carbocycles. The molecule has 1 fully saturated rings. The van der Waals surface area contributed by atoms with Crippen LogP contribution in [0, 0.1) is 17.2 Å². The summed E-state index contributed by atoms with van der Waals surface area (Å²) in [6.45, 7) is 2.15. The first-order valence-electron chi connectivity index (χ1n) is 7.70. The Bertz CT molecular complexity index is 601. The smallest absolute Gasteiger partial charge is 0.262 e. The lowest BCUT2D eigenvalue weighted by Crippen LogP contribution is -2.41. The Morgan fingerprint density at radius 2 is 2.18 bits per heavy atom. The number of methoxy groups -OCH3 is 1. The average molecular weight is 298 g/mol. The largest absolute Gasteiger partial charge is 0.497 e. The van der Waals surface area contributed by atoms with Gasteiger partial charge in [0, 0.05) is 6.04 Å². The van der Waals surface area contributed by atoms with Gasteiger partial charge in [0.25, 0.3) is 5.91 Å². The van der Waals surface area contributed by atoms with E-state index in [1.807, 2.05) is 24.3 Å². The molecule has 0 spiro atoms. The maximum absolute atomic E-state index is 12.3. The number of ether oxygens (including phenoxy) is 1. The number of amides is 1. The first kappa shape index (κ1) is 16.1. The second-order valence-electron chi connectivity index (χ2n) is 5.79. The van der Waals surface area contributed by atoms with Crippen molar-refractivity contribution in [2.75, 3.05) is 7.11 Å². The molecule has 2 atom stereocenters. The fourth-order valence-corrected chi connectivity index (χ4v) is 2.82. The molecular weight excluding hydrogens is 276 g/mol. The molecule has 0 saturated heterocycles. The van der Waals surface area contributed by atoms with Gasteiger partial charge in [0.1, 0.15) is 17.4 Å². The lowest BCUT2D eigenvalue weighted by Gasteiger charge is -2.29. The van der Waals surface area contributed by atoms with Crippen LogP contribution >= 0.6 is 0 Å². The van der Waals surface area contributed by atoms with E-state index in [2.05, 4.69) is 12.2 Å². The van der Waals surface area contributed by atoms with Gasteiger partial charge in [-0.3, -0.25) is 4.79 Å². The van der Waals surface area contributed by atoms with Crippen molar-refractivity contribution in [2.45, 2.75) is 38.6 Å². The normalized spacial score (nSPS) is 21.8. The molecule has 1 saturated carbocycles. The van der Waals surface area contributed by atoms with E-state index in [4.69, 9.17) is 4.74 Å². The molecule has 0 bridgehead atoms. The average Bonchev–Trinajstić information content (AvgIpc) is 2.54. The summed E-state index contributed by atoms with van der Waals surface area (Å²) in [5.74, 6) is 0.880. The SMILES string of the molecule is COc1cccc(/C=C(\C#N)C(=O)N[C@@H]2CCCC[C@@H]2C)c1. The van der Waals surface area contributed by atoms with Crippen LogP contribution in [0.1, 0.15) is 38.2 Å². The molecule has 0 radical (unpaired) electrons. The molecule has 116 valence electrons. The third kappa shape index (κ3) is 4.11. The van der Waals surface area contributed by atoms with Gasteiger partial charge in [-0.05, 0) is 42.5 Å². The highest BCUT2D eigenvalue weighted by Crippen LogP contribution is 2.24. The number of carbonyl (C=O) groups is 1. The molecule has 0 aliphatic heterocycles. The third-order valence-corrected chi connectivity index (χ3v) is 4.20. The Morgan fingerprint density at radius 3 is 2.86 bits per heavy atom. The van der Waals surface area contributed by atoms with E-state index in [0.717, 1.165) is 24.8 Å². The summed E-state index contributed by atoms with van der Waals surface area (Å²) >= 11 is 0. The lowest BCUT2D eigenvalue weighted by molar-refractivity contribution is -0.118. The van der Waals surface area contributed by atoms with E-state index in [-0.39, 0.29) is 17.5 Å². The predicted molar refractivity (Wildman–Crippen MR) is 86.1 cm³/mol. The van der Waals surface area contributed by atoms with Gasteiger partial charge in [-0.2, -0.15) is 5.26 Å². The molecule has 0 heterocycles. The van der Waals surface area contributed by atoms with Crippen LogP contribution in [-0.4, -0.2) is 19.1 Å². The highest BCUT2D eigenvalue weighted by Gasteiger charge is 2.23. The van der Waals surface area contributed by atoms with Crippen molar-refractivity contribution in [3.63, 3.8) is 0 Å². The molecular formula is C18H22N2O2. The maximum atomic E-state index is 12.3. The van der Waals surface area contributed by atoms with Crippen LogP contribution in [0.4, 0.5) is 0 Å². The minimum atomic E-state index is -0.288. The van der Waals surface area contributed by atoms with Crippen LogP contribution in [-0.2, 0) is 4.79 Å². The molecule has 1 aliphatic rings. The van der Waals surface area contributed by atoms with Crippen LogP contribution in [0.3, 0.4) is 0 Å². The molecule has 4 heteroatoms. The molecule has 1 amide bonds. The number of hydrogen-bond acceptors (Lipinski definition) is 3. The van der Waals surface area contributed by atoms with Gasteiger partial charge in [-0.25, -0.2) is 0 Å². The summed E-state index contributed by atoms with van der Waals surface area (Å²) in [4.78, 5) is 12.3. The molecule has 1 aromatic carbocycles. The van der Waals surface area contributed by atoms with Crippen LogP contribution in [0.2, 0.25) is 0 Å². The number of nitrogens with zero attached hydrogens (tertiary/aromatic N) is 1. The number of nitriles is 1. The van der Waals surface area contributed by atoms with Crippen molar-refractivity contribution in [2.24, 2.45) is 5.92 Å². The number of hydrogen-bond donors (Lipinski definition) is 1. The third-order valence-electron chi connectivity index (χ3n) is 4.20. The Labute approximate surface area is 131 Å². The molecule has 1 aromatic rings. The molecule has 2 rings (SSSR count). The predicted octanol–water partition coefficient (Wildman–Crippen LogP) is 3.30. The van der Waals surface area contributed by atoms with Crippen molar-refractivity contribution >= 4 is 12.0 Å². The summed E-state index contributed by atoms with van der Waals surface area (Å²) in [5.41, 5.74) is 0.911. The Morgan fingerprint density at radius 1 is 1.41 bits per heavy atom. The second kappa shape index (κ2) is 7.65. The first-order valence-corrected chi connectivity index (χ1v) is 7.70. The number of rotatable bonds is 4. The van der Waals surface area contributed by atoms with Crippen LogP contribution in [0.15, 0.2) is 29.8 Å². The van der Waals surface area contributed by atoms with Crippen molar-refractivity contribution in [3.05, 3.63) is 35.4 Å². The summed E-state index contributed by atoms with van der Waals surface area (Å²) in [6.07, 6.45) is 6.08. The topological polar surface area (TPSA) is 62.1 Å². The van der Waals surface area contributed by atoms with Crippen molar-refractivity contribution < 1.29 is 9.53 Å². The zero-order valence-electron chi connectivity index (χ0n) is 13.1. The highest BCUT2D eigenvalue weighted by molar-refractivity contribution is 6.01. The van der Waals surface area contributed by atoms with E-state index in [1.165, 1.54) is 6.42 Å². The minimum absolute atomic E-state index is 0.131. The van der Waals surface area contributed by atoms with E-state index in [1.54, 1.807) is 19.3 Å². The zero-order valence-corrected chi connectivity index (χ0v) is 13.1. The molecule has 22 heavy (non-hydrogen) atoms. The number of nitrogens with one attached hydrogen (secondary N) is 1. The summed E-state index contributed by atoms with van der Waals surface area (Å²) in [5, 5.41) is 12.3. The molecule has 4 nitrogen and oxygen atoms in total. The number of benzene rings is 1. The van der Waals surface area contributed by atoms with Gasteiger partial charge in [0.2, 0.25) is 0 Å². The zero-order chi connectivity index (χ0) is 15.9. The monoisotopic (exact) mass is 298 g/mol. The van der Waals surface area contributed by atoms with Gasteiger partial charge < -0.3 is 10.1 Å². The number of carbonyl (C=O) groups excluding carboxylic acids is 1.